The summed E-state index contributed by atoms with van der Waals surface area (Å²) in [5.74, 6) is 1.88. The van der Waals surface area contributed by atoms with Crippen molar-refractivity contribution in [3.63, 3.8) is 0 Å². The lowest BCUT2D eigenvalue weighted by atomic mass is 9.88. The molecule has 1 aliphatic rings. The second-order valence-electron chi connectivity index (χ2n) is 7.23. The predicted octanol–water partition coefficient (Wildman–Crippen LogP) is 6.05. The molecule has 0 unspecified atom stereocenters. The van der Waals surface area contributed by atoms with E-state index in [2.05, 4.69) is 46.0 Å². The average molecular weight is 382 g/mol. The lowest BCUT2D eigenvalue weighted by Crippen LogP contribution is -2.12. The minimum Gasteiger partial charge on any atom is -0.274 e. The largest absolute Gasteiger partial charge is 0.274 e. The highest BCUT2D eigenvalue weighted by Crippen LogP contribution is 2.35. The molecule has 1 fully saturated rings. The quantitative estimate of drug-likeness (QED) is 0.504. The zero-order chi connectivity index (χ0) is 18.6. The number of rotatable bonds is 5. The van der Waals surface area contributed by atoms with Crippen molar-refractivity contribution in [1.82, 2.24) is 14.8 Å². The fourth-order valence-corrected chi connectivity index (χ4v) is 4.71. The van der Waals surface area contributed by atoms with Crippen molar-refractivity contribution in [2.45, 2.75) is 55.9 Å². The molecule has 1 saturated carbocycles. The molecule has 27 heavy (non-hydrogen) atoms. The zero-order valence-electron chi connectivity index (χ0n) is 15.6. The van der Waals surface area contributed by atoms with Crippen molar-refractivity contribution in [2.75, 3.05) is 0 Å². The third kappa shape index (κ3) is 4.08. The van der Waals surface area contributed by atoms with E-state index < -0.39 is 0 Å². The van der Waals surface area contributed by atoms with Gasteiger partial charge in [0.05, 0.1) is 0 Å². The van der Waals surface area contributed by atoms with Gasteiger partial charge in [-0.15, -0.1) is 10.2 Å². The van der Waals surface area contributed by atoms with Gasteiger partial charge >= 0.3 is 0 Å². The van der Waals surface area contributed by atoms with Crippen LogP contribution in [-0.4, -0.2) is 14.8 Å². The van der Waals surface area contributed by atoms with E-state index in [1.165, 1.54) is 43.7 Å². The molecule has 2 aromatic carbocycles. The van der Waals surface area contributed by atoms with Crippen LogP contribution in [0, 0.1) is 12.7 Å². The summed E-state index contributed by atoms with van der Waals surface area (Å²) >= 11 is 1.55. The number of halogens is 1. The second kappa shape index (κ2) is 8.26. The van der Waals surface area contributed by atoms with Gasteiger partial charge in [0.1, 0.15) is 11.6 Å². The molecule has 4 rings (SSSR count). The smallest absolute Gasteiger partial charge is 0.196 e. The third-order valence-corrected chi connectivity index (χ3v) is 6.18. The minimum absolute atomic E-state index is 0.167. The standard InChI is InChI=1S/C22H24FN3S/c1-16-8-7-12-19(14-16)26-21(17-9-3-2-4-10-17)24-25-22(26)27-15-18-11-5-6-13-20(18)23/h5-8,11-14,17H,2-4,9-10,15H2,1H3. The molecule has 0 atom stereocenters. The Balaban J connectivity index is 1.68. The van der Waals surface area contributed by atoms with Crippen molar-refractivity contribution in [3.05, 3.63) is 71.3 Å². The molecule has 0 saturated heterocycles. The number of hydrogen-bond donors (Lipinski definition) is 0. The zero-order valence-corrected chi connectivity index (χ0v) is 16.4. The first-order valence-corrected chi connectivity index (χ1v) is 10.6. The number of hydrogen-bond acceptors (Lipinski definition) is 3. The minimum atomic E-state index is -0.167. The highest BCUT2D eigenvalue weighted by atomic mass is 32.2. The van der Waals surface area contributed by atoms with E-state index in [-0.39, 0.29) is 5.82 Å². The van der Waals surface area contributed by atoms with Gasteiger partial charge in [0.25, 0.3) is 0 Å². The van der Waals surface area contributed by atoms with E-state index in [0.717, 1.165) is 16.7 Å². The fraction of sp³-hybridized carbons (Fsp3) is 0.364. The topological polar surface area (TPSA) is 30.7 Å². The van der Waals surface area contributed by atoms with Gasteiger partial charge < -0.3 is 0 Å². The molecule has 5 heteroatoms. The number of aromatic nitrogens is 3. The fourth-order valence-electron chi connectivity index (χ4n) is 3.77. The SMILES string of the molecule is Cc1cccc(-n2c(SCc3ccccc3F)nnc2C2CCCCC2)c1. The molecule has 1 heterocycles. The number of thioether (sulfide) groups is 1. The first-order valence-electron chi connectivity index (χ1n) is 9.61. The van der Waals surface area contributed by atoms with Crippen LogP contribution in [0.3, 0.4) is 0 Å². The van der Waals surface area contributed by atoms with Crippen LogP contribution in [0.25, 0.3) is 5.69 Å². The molecule has 0 aliphatic heterocycles. The molecule has 0 spiro atoms. The van der Waals surface area contributed by atoms with Crippen LogP contribution in [0.5, 0.6) is 0 Å². The highest BCUT2D eigenvalue weighted by molar-refractivity contribution is 7.98. The maximum absolute atomic E-state index is 14.0. The van der Waals surface area contributed by atoms with E-state index in [4.69, 9.17) is 0 Å². The molecule has 140 valence electrons. The van der Waals surface area contributed by atoms with Crippen molar-refractivity contribution in [3.8, 4) is 5.69 Å². The van der Waals surface area contributed by atoms with Crippen LogP contribution in [0.2, 0.25) is 0 Å². The van der Waals surface area contributed by atoms with E-state index in [0.29, 0.717) is 17.2 Å². The lowest BCUT2D eigenvalue weighted by molar-refractivity contribution is 0.423. The van der Waals surface area contributed by atoms with Gasteiger partial charge in [-0.2, -0.15) is 0 Å². The van der Waals surface area contributed by atoms with Crippen molar-refractivity contribution >= 4 is 11.8 Å². The van der Waals surface area contributed by atoms with Crippen LogP contribution in [0.15, 0.2) is 53.7 Å². The molecule has 1 aliphatic carbocycles. The van der Waals surface area contributed by atoms with Gasteiger partial charge in [-0.25, -0.2) is 4.39 Å². The summed E-state index contributed by atoms with van der Waals surface area (Å²) in [6.07, 6.45) is 6.15. The number of nitrogens with zero attached hydrogens (tertiary/aromatic N) is 3. The van der Waals surface area contributed by atoms with Crippen LogP contribution in [0.4, 0.5) is 4.39 Å². The number of benzene rings is 2. The van der Waals surface area contributed by atoms with Crippen LogP contribution < -0.4 is 0 Å². The van der Waals surface area contributed by atoms with Gasteiger partial charge in [0, 0.05) is 17.4 Å². The van der Waals surface area contributed by atoms with Gasteiger partial charge in [0.2, 0.25) is 0 Å². The molecule has 3 nitrogen and oxygen atoms in total. The summed E-state index contributed by atoms with van der Waals surface area (Å²) in [4.78, 5) is 0. The Morgan fingerprint density at radius 2 is 1.85 bits per heavy atom. The molecular formula is C22H24FN3S. The van der Waals surface area contributed by atoms with E-state index >= 15 is 0 Å². The maximum Gasteiger partial charge on any atom is 0.196 e. The van der Waals surface area contributed by atoms with Crippen molar-refractivity contribution in [1.29, 1.82) is 0 Å². The first-order chi connectivity index (χ1) is 13.2. The Morgan fingerprint density at radius 3 is 2.63 bits per heavy atom. The van der Waals surface area contributed by atoms with E-state index in [1.807, 2.05) is 12.1 Å². The monoisotopic (exact) mass is 381 g/mol. The summed E-state index contributed by atoms with van der Waals surface area (Å²) < 4.78 is 16.2. The maximum atomic E-state index is 14.0. The second-order valence-corrected chi connectivity index (χ2v) is 8.17. The Labute approximate surface area is 164 Å². The van der Waals surface area contributed by atoms with Crippen LogP contribution >= 0.6 is 11.8 Å². The Kier molecular flexibility index (Phi) is 5.58. The molecule has 1 aromatic heterocycles. The molecule has 0 N–H and O–H groups in total. The average Bonchev–Trinajstić information content (AvgIpc) is 3.12. The molecule has 0 bridgehead atoms. The van der Waals surface area contributed by atoms with Crippen molar-refractivity contribution < 1.29 is 4.39 Å². The third-order valence-electron chi connectivity index (χ3n) is 5.20. The first kappa shape index (κ1) is 18.2. The molecule has 0 radical (unpaired) electrons. The number of aryl methyl sites for hydroxylation is 1. The highest BCUT2D eigenvalue weighted by Gasteiger charge is 2.24. The summed E-state index contributed by atoms with van der Waals surface area (Å²) in [5.41, 5.74) is 3.00. The lowest BCUT2D eigenvalue weighted by Gasteiger charge is -2.22. The van der Waals surface area contributed by atoms with Crippen LogP contribution in [-0.2, 0) is 5.75 Å². The Morgan fingerprint density at radius 1 is 1.04 bits per heavy atom. The van der Waals surface area contributed by atoms with E-state index in [1.54, 1.807) is 17.8 Å². The van der Waals surface area contributed by atoms with Gasteiger partial charge in [-0.1, -0.05) is 61.4 Å². The molecule has 3 aromatic rings. The molecule has 0 amide bonds. The van der Waals surface area contributed by atoms with Gasteiger partial charge in [-0.3, -0.25) is 4.57 Å². The molecular weight excluding hydrogens is 357 g/mol. The van der Waals surface area contributed by atoms with E-state index in [9.17, 15) is 4.39 Å². The summed E-state index contributed by atoms with van der Waals surface area (Å²) in [5, 5.41) is 9.91. The predicted molar refractivity (Wildman–Crippen MR) is 108 cm³/mol. The Hall–Kier alpha value is -2.14. The normalized spacial score (nSPS) is 15.2. The van der Waals surface area contributed by atoms with Gasteiger partial charge in [0.15, 0.2) is 5.16 Å². The summed E-state index contributed by atoms with van der Waals surface area (Å²) in [6, 6.07) is 15.4. The summed E-state index contributed by atoms with van der Waals surface area (Å²) in [7, 11) is 0. The summed E-state index contributed by atoms with van der Waals surface area (Å²) in [6.45, 7) is 2.10. The Bertz CT molecular complexity index is 915. The van der Waals surface area contributed by atoms with Gasteiger partial charge in [-0.05, 0) is 49.1 Å². The van der Waals surface area contributed by atoms with Crippen LogP contribution in [0.1, 0.15) is 55.0 Å². The van der Waals surface area contributed by atoms with Crippen molar-refractivity contribution in [2.24, 2.45) is 0 Å².